The van der Waals surface area contributed by atoms with Crippen LogP contribution in [0.2, 0.25) is 5.02 Å². The Morgan fingerprint density at radius 1 is 1.20 bits per heavy atom. The van der Waals surface area contributed by atoms with Gasteiger partial charge in [-0.3, -0.25) is 14.2 Å². The summed E-state index contributed by atoms with van der Waals surface area (Å²) in [4.78, 5) is 29.9. The van der Waals surface area contributed by atoms with Crippen molar-refractivity contribution < 1.29 is 9.53 Å². The van der Waals surface area contributed by atoms with E-state index in [1.165, 1.54) is 16.3 Å². The van der Waals surface area contributed by atoms with Crippen molar-refractivity contribution in [2.45, 2.75) is 11.7 Å². The molecule has 0 unspecified atom stereocenters. The highest BCUT2D eigenvalue weighted by atomic mass is 79.9. The Morgan fingerprint density at radius 2 is 1.87 bits per heavy atom. The highest BCUT2D eigenvalue weighted by Crippen LogP contribution is 2.22. The number of carbonyl (C=O) groups is 1. The zero-order valence-electron chi connectivity index (χ0n) is 16.2. The zero-order chi connectivity index (χ0) is 20.8. The number of hydrogen-bond acceptors (Lipinski definition) is 5. The molecule has 8 heteroatoms. The molecule has 0 aliphatic carbocycles. The maximum absolute atomic E-state index is 13.0. The van der Waals surface area contributed by atoms with Gasteiger partial charge in [-0.05, 0) is 42.0 Å². The highest BCUT2D eigenvalue weighted by molar-refractivity contribution is 8.93. The van der Waals surface area contributed by atoms with E-state index in [0.29, 0.717) is 33.6 Å². The van der Waals surface area contributed by atoms with Gasteiger partial charge in [0.25, 0.3) is 5.56 Å². The van der Waals surface area contributed by atoms with Gasteiger partial charge in [0, 0.05) is 23.3 Å². The molecule has 0 spiro atoms. The van der Waals surface area contributed by atoms with E-state index < -0.39 is 0 Å². The summed E-state index contributed by atoms with van der Waals surface area (Å²) in [5.74, 6) is 0.805. The van der Waals surface area contributed by atoms with E-state index in [-0.39, 0.29) is 34.1 Å². The second-order valence-corrected chi connectivity index (χ2v) is 7.49. The van der Waals surface area contributed by atoms with Crippen LogP contribution in [0.15, 0.2) is 77.3 Å². The van der Waals surface area contributed by atoms with Crippen LogP contribution in [-0.2, 0) is 6.54 Å². The van der Waals surface area contributed by atoms with Crippen molar-refractivity contribution in [2.24, 2.45) is 0 Å². The van der Waals surface area contributed by atoms with E-state index in [9.17, 15) is 9.59 Å². The van der Waals surface area contributed by atoms with Gasteiger partial charge in [0.2, 0.25) is 0 Å². The molecule has 0 atom stereocenters. The van der Waals surface area contributed by atoms with Crippen molar-refractivity contribution in [3.05, 3.63) is 88.3 Å². The average Bonchev–Trinajstić information content (AvgIpc) is 2.74. The second-order valence-electron chi connectivity index (χ2n) is 6.11. The third-order valence-electron chi connectivity index (χ3n) is 4.22. The summed E-state index contributed by atoms with van der Waals surface area (Å²) in [6.45, 7) is 4.02. The lowest BCUT2D eigenvalue weighted by molar-refractivity contribution is 0.102. The molecule has 2 aromatic carbocycles. The number of methoxy groups -OCH3 is 1. The van der Waals surface area contributed by atoms with E-state index in [0.717, 1.165) is 5.56 Å². The Kier molecular flexibility index (Phi) is 8.89. The molecular weight excluding hydrogens is 488 g/mol. The lowest BCUT2D eigenvalue weighted by atomic mass is 10.1. The molecule has 3 rings (SSSR count). The van der Waals surface area contributed by atoms with Crippen LogP contribution >= 0.6 is 40.3 Å². The van der Waals surface area contributed by atoms with Crippen LogP contribution in [0.4, 0.5) is 0 Å². The first-order chi connectivity index (χ1) is 14.0. The Morgan fingerprint density at radius 3 is 2.47 bits per heavy atom. The monoisotopic (exact) mass is 506 g/mol. The quantitative estimate of drug-likeness (QED) is 0.179. The van der Waals surface area contributed by atoms with Crippen LogP contribution in [0.3, 0.4) is 0 Å². The molecule has 0 fully saturated rings. The van der Waals surface area contributed by atoms with Crippen molar-refractivity contribution in [1.82, 2.24) is 9.55 Å². The number of halogens is 2. The third-order valence-corrected chi connectivity index (χ3v) is 5.46. The van der Waals surface area contributed by atoms with Gasteiger partial charge < -0.3 is 4.74 Å². The molecule has 1 heterocycles. The summed E-state index contributed by atoms with van der Waals surface area (Å²) >= 11 is 7.08. The second kappa shape index (κ2) is 11.2. The minimum atomic E-state index is -0.188. The lowest BCUT2D eigenvalue weighted by Gasteiger charge is -2.12. The average molecular weight is 508 g/mol. The minimum absolute atomic E-state index is 0. The molecule has 0 aliphatic heterocycles. The molecule has 0 N–H and O–H groups in total. The number of ketones is 1. The van der Waals surface area contributed by atoms with Gasteiger partial charge >= 0.3 is 0 Å². The van der Waals surface area contributed by atoms with Crippen LogP contribution in [0.25, 0.3) is 11.1 Å². The molecule has 0 radical (unpaired) electrons. The summed E-state index contributed by atoms with van der Waals surface area (Å²) in [7, 11) is 1.59. The molecule has 30 heavy (non-hydrogen) atoms. The van der Waals surface area contributed by atoms with Gasteiger partial charge in [0.1, 0.15) is 5.75 Å². The van der Waals surface area contributed by atoms with Crippen LogP contribution in [0, 0.1) is 0 Å². The van der Waals surface area contributed by atoms with Crippen LogP contribution in [0.5, 0.6) is 5.75 Å². The summed E-state index contributed by atoms with van der Waals surface area (Å²) < 4.78 is 6.68. The number of nitrogens with zero attached hydrogens (tertiary/aromatic N) is 2. The van der Waals surface area contributed by atoms with Gasteiger partial charge in [-0.2, -0.15) is 0 Å². The van der Waals surface area contributed by atoms with E-state index in [4.69, 9.17) is 16.3 Å². The Hall–Kier alpha value is -2.35. The number of rotatable bonds is 8. The lowest BCUT2D eigenvalue weighted by Crippen LogP contribution is -2.24. The van der Waals surface area contributed by atoms with Crippen molar-refractivity contribution in [3.8, 4) is 16.9 Å². The number of benzene rings is 2. The first kappa shape index (κ1) is 23.9. The molecule has 0 bridgehead atoms. The largest absolute Gasteiger partial charge is 0.497 e. The third kappa shape index (κ3) is 5.62. The number of hydrogen-bond donors (Lipinski definition) is 0. The fourth-order valence-corrected chi connectivity index (χ4v) is 3.69. The molecule has 0 aliphatic rings. The Labute approximate surface area is 194 Å². The summed E-state index contributed by atoms with van der Waals surface area (Å²) in [6.07, 6.45) is 3.17. The smallest absolute Gasteiger partial charge is 0.262 e. The van der Waals surface area contributed by atoms with Gasteiger partial charge in [-0.1, -0.05) is 41.6 Å². The van der Waals surface area contributed by atoms with Gasteiger partial charge in [-0.15, -0.1) is 23.6 Å². The van der Waals surface area contributed by atoms with Crippen LogP contribution < -0.4 is 10.3 Å². The molecule has 0 amide bonds. The van der Waals surface area contributed by atoms with E-state index in [1.807, 2.05) is 12.1 Å². The van der Waals surface area contributed by atoms with Crippen LogP contribution in [-0.4, -0.2) is 28.2 Å². The van der Waals surface area contributed by atoms with Crippen molar-refractivity contribution >= 4 is 46.1 Å². The number of Topliss-reactive ketones (excluding diaryl/α,β-unsaturated/α-hetero) is 1. The highest BCUT2D eigenvalue weighted by Gasteiger charge is 2.14. The molecular formula is C22H20BrClN2O3S. The van der Waals surface area contributed by atoms with Gasteiger partial charge in [0.15, 0.2) is 10.9 Å². The number of ether oxygens (including phenoxy) is 1. The first-order valence-corrected chi connectivity index (χ1v) is 10.2. The molecule has 5 nitrogen and oxygen atoms in total. The number of carbonyl (C=O) groups excluding carboxylic acids is 1. The normalized spacial score (nSPS) is 10.2. The van der Waals surface area contributed by atoms with E-state index in [1.54, 1.807) is 55.8 Å². The standard InChI is InChI=1S/C22H19ClN2O3S.BrH/c1-3-12-25-21(27)19(15-6-10-18(28-2)11-7-15)13-24-22(25)29-14-20(26)16-4-8-17(23)9-5-16;/h3-11,13H,1,12,14H2,2H3;1H. The fourth-order valence-electron chi connectivity index (χ4n) is 2.70. The summed E-state index contributed by atoms with van der Waals surface area (Å²) in [5, 5.41) is 1.04. The van der Waals surface area contributed by atoms with Gasteiger partial charge in [-0.25, -0.2) is 4.98 Å². The molecule has 3 aromatic rings. The summed E-state index contributed by atoms with van der Waals surface area (Å²) in [5.41, 5.74) is 1.60. The number of allylic oxidation sites excluding steroid dienone is 1. The number of thioether (sulfide) groups is 1. The van der Waals surface area contributed by atoms with Crippen LogP contribution in [0.1, 0.15) is 10.4 Å². The first-order valence-electron chi connectivity index (χ1n) is 8.80. The van der Waals surface area contributed by atoms with E-state index >= 15 is 0 Å². The maximum atomic E-state index is 13.0. The SMILES string of the molecule is Br.C=CCn1c(SCC(=O)c2ccc(Cl)cc2)ncc(-c2ccc(OC)cc2)c1=O. The minimum Gasteiger partial charge on any atom is -0.497 e. The zero-order valence-corrected chi connectivity index (χ0v) is 19.5. The van der Waals surface area contributed by atoms with E-state index in [2.05, 4.69) is 11.6 Å². The van der Waals surface area contributed by atoms with Crippen molar-refractivity contribution in [1.29, 1.82) is 0 Å². The van der Waals surface area contributed by atoms with Gasteiger partial charge in [0.05, 0.1) is 18.4 Å². The molecule has 0 saturated heterocycles. The number of aromatic nitrogens is 2. The summed E-state index contributed by atoms with van der Waals surface area (Å²) in [6, 6.07) is 13.9. The molecule has 1 aromatic heterocycles. The maximum Gasteiger partial charge on any atom is 0.262 e. The Balaban J connectivity index is 0.00000320. The van der Waals surface area contributed by atoms with Crippen molar-refractivity contribution in [2.75, 3.05) is 12.9 Å². The fraction of sp³-hybridized carbons (Fsp3) is 0.136. The molecule has 156 valence electrons. The Bertz CT molecular complexity index is 1080. The molecule has 0 saturated carbocycles. The topological polar surface area (TPSA) is 61.2 Å². The predicted octanol–water partition coefficient (Wildman–Crippen LogP) is 5.31. The van der Waals surface area contributed by atoms with Crippen molar-refractivity contribution in [3.63, 3.8) is 0 Å². The predicted molar refractivity (Wildman–Crippen MR) is 128 cm³/mol.